The van der Waals surface area contributed by atoms with Gasteiger partial charge in [0.25, 0.3) is 0 Å². The lowest BCUT2D eigenvalue weighted by atomic mass is 9.91. The topological polar surface area (TPSA) is 67.1 Å². The third-order valence-corrected chi connectivity index (χ3v) is 4.17. The van der Waals surface area contributed by atoms with Crippen molar-refractivity contribution in [1.29, 1.82) is 0 Å². The number of benzene rings is 2. The number of rotatable bonds is 2. The molecule has 2 aromatic carbocycles. The fourth-order valence-corrected chi connectivity index (χ4v) is 3.00. The second kappa shape index (κ2) is 6.14. The molecule has 0 aliphatic heterocycles. The number of carbonyl (C=O) groups is 1. The van der Waals surface area contributed by atoms with Crippen LogP contribution >= 0.6 is 0 Å². The zero-order valence-electron chi connectivity index (χ0n) is 12.0. The molecule has 4 N–H and O–H groups in total. The van der Waals surface area contributed by atoms with Gasteiger partial charge in [-0.25, -0.2) is 4.79 Å². The van der Waals surface area contributed by atoms with Gasteiger partial charge in [0.05, 0.1) is 5.69 Å². The highest BCUT2D eigenvalue weighted by molar-refractivity contribution is 6.01. The number of amides is 2. The number of anilines is 1. The van der Waals surface area contributed by atoms with E-state index in [9.17, 15) is 4.79 Å². The quantitative estimate of drug-likeness (QED) is 0.792. The van der Waals surface area contributed by atoms with E-state index in [1.165, 1.54) is 0 Å². The van der Waals surface area contributed by atoms with E-state index in [0.717, 1.165) is 42.1 Å². The number of carbonyl (C=O) groups excluding carboxylic acids is 1. The Bertz CT molecular complexity index is 635. The summed E-state index contributed by atoms with van der Waals surface area (Å²) in [6.45, 7) is 0. The van der Waals surface area contributed by atoms with Crippen LogP contribution in [0.15, 0.2) is 42.5 Å². The van der Waals surface area contributed by atoms with Crippen molar-refractivity contribution in [1.82, 2.24) is 5.32 Å². The highest BCUT2D eigenvalue weighted by Crippen LogP contribution is 2.23. The van der Waals surface area contributed by atoms with Crippen LogP contribution in [0.25, 0.3) is 10.8 Å². The summed E-state index contributed by atoms with van der Waals surface area (Å²) in [6, 6.07) is 13.9. The molecule has 0 heterocycles. The molecule has 0 spiro atoms. The summed E-state index contributed by atoms with van der Waals surface area (Å²) in [5, 5.41) is 8.11. The normalized spacial score (nSPS) is 22.0. The maximum Gasteiger partial charge on any atom is 0.319 e. The van der Waals surface area contributed by atoms with E-state index in [2.05, 4.69) is 10.6 Å². The van der Waals surface area contributed by atoms with Gasteiger partial charge in [-0.3, -0.25) is 0 Å². The molecule has 1 aliphatic carbocycles. The average molecular weight is 283 g/mol. The molecule has 21 heavy (non-hydrogen) atoms. The predicted octanol–water partition coefficient (Wildman–Crippen LogP) is 3.23. The van der Waals surface area contributed by atoms with Gasteiger partial charge in [0, 0.05) is 17.5 Å². The van der Waals surface area contributed by atoms with E-state index in [-0.39, 0.29) is 18.1 Å². The Morgan fingerprint density at radius 3 is 2.67 bits per heavy atom. The highest BCUT2D eigenvalue weighted by atomic mass is 16.2. The molecule has 0 aromatic heterocycles. The van der Waals surface area contributed by atoms with Gasteiger partial charge in [0.2, 0.25) is 0 Å². The van der Waals surface area contributed by atoms with Crippen LogP contribution in [0, 0.1) is 0 Å². The van der Waals surface area contributed by atoms with Gasteiger partial charge in [0.1, 0.15) is 0 Å². The lowest BCUT2D eigenvalue weighted by molar-refractivity contribution is 0.240. The van der Waals surface area contributed by atoms with Gasteiger partial charge in [-0.05, 0) is 24.3 Å². The Morgan fingerprint density at radius 2 is 1.81 bits per heavy atom. The first kappa shape index (κ1) is 13.9. The SMILES string of the molecule is N[C@@H]1CCCC[C@H]1NC(=O)Nc1cccc2ccccc12. The maximum atomic E-state index is 12.2. The smallest absolute Gasteiger partial charge is 0.319 e. The van der Waals surface area contributed by atoms with Gasteiger partial charge in [-0.15, -0.1) is 0 Å². The van der Waals surface area contributed by atoms with Gasteiger partial charge in [0.15, 0.2) is 0 Å². The number of fused-ring (bicyclic) bond motifs is 1. The van der Waals surface area contributed by atoms with Crippen molar-refractivity contribution in [3.63, 3.8) is 0 Å². The Balaban J connectivity index is 1.71. The average Bonchev–Trinajstić information content (AvgIpc) is 2.50. The van der Waals surface area contributed by atoms with E-state index in [1.54, 1.807) is 0 Å². The zero-order valence-corrected chi connectivity index (χ0v) is 12.0. The van der Waals surface area contributed by atoms with E-state index in [4.69, 9.17) is 5.73 Å². The lowest BCUT2D eigenvalue weighted by Crippen LogP contribution is -2.50. The maximum absolute atomic E-state index is 12.2. The van der Waals surface area contributed by atoms with Crippen LogP contribution in [0.1, 0.15) is 25.7 Å². The van der Waals surface area contributed by atoms with Crippen LogP contribution in [-0.2, 0) is 0 Å². The molecule has 2 aromatic rings. The van der Waals surface area contributed by atoms with Crippen molar-refractivity contribution in [2.75, 3.05) is 5.32 Å². The minimum atomic E-state index is -0.172. The third kappa shape index (κ3) is 3.16. The van der Waals surface area contributed by atoms with Crippen LogP contribution < -0.4 is 16.4 Å². The van der Waals surface area contributed by atoms with Crippen LogP contribution in [0.3, 0.4) is 0 Å². The van der Waals surface area contributed by atoms with Gasteiger partial charge < -0.3 is 16.4 Å². The standard InChI is InChI=1S/C17H21N3O/c18-14-9-3-4-10-16(14)20-17(21)19-15-11-5-7-12-6-1-2-8-13(12)15/h1-2,5-8,11,14,16H,3-4,9-10,18H2,(H2,19,20,21)/t14-,16-/m1/s1. The Labute approximate surface area is 124 Å². The second-order valence-corrected chi connectivity index (χ2v) is 5.68. The molecule has 3 rings (SSSR count). The Kier molecular flexibility index (Phi) is 4.06. The van der Waals surface area contributed by atoms with Crippen molar-refractivity contribution in [2.24, 2.45) is 5.73 Å². The Hall–Kier alpha value is -2.07. The van der Waals surface area contributed by atoms with Crippen molar-refractivity contribution < 1.29 is 4.79 Å². The van der Waals surface area contributed by atoms with Crippen LogP contribution in [0.2, 0.25) is 0 Å². The van der Waals surface area contributed by atoms with Gasteiger partial charge in [-0.2, -0.15) is 0 Å². The fraction of sp³-hybridized carbons (Fsp3) is 0.353. The molecule has 0 saturated heterocycles. The lowest BCUT2D eigenvalue weighted by Gasteiger charge is -2.29. The molecule has 2 amide bonds. The minimum Gasteiger partial charge on any atom is -0.334 e. The largest absolute Gasteiger partial charge is 0.334 e. The zero-order chi connectivity index (χ0) is 14.7. The first-order valence-corrected chi connectivity index (χ1v) is 7.55. The summed E-state index contributed by atoms with van der Waals surface area (Å²) in [4.78, 5) is 12.2. The van der Waals surface area contributed by atoms with Gasteiger partial charge >= 0.3 is 6.03 Å². The van der Waals surface area contributed by atoms with Crippen LogP contribution in [0.4, 0.5) is 10.5 Å². The van der Waals surface area contributed by atoms with E-state index >= 15 is 0 Å². The highest BCUT2D eigenvalue weighted by Gasteiger charge is 2.23. The molecular formula is C17H21N3O. The third-order valence-electron chi connectivity index (χ3n) is 4.17. The molecule has 2 atom stereocenters. The van der Waals surface area contributed by atoms with Gasteiger partial charge in [-0.1, -0.05) is 49.2 Å². The molecule has 4 heteroatoms. The van der Waals surface area contributed by atoms with E-state index in [1.807, 2.05) is 42.5 Å². The minimum absolute atomic E-state index is 0.0667. The first-order chi connectivity index (χ1) is 10.2. The number of nitrogens with two attached hydrogens (primary N) is 1. The monoisotopic (exact) mass is 283 g/mol. The summed E-state index contributed by atoms with van der Waals surface area (Å²) >= 11 is 0. The Morgan fingerprint density at radius 1 is 1.05 bits per heavy atom. The molecular weight excluding hydrogens is 262 g/mol. The molecule has 110 valence electrons. The van der Waals surface area contributed by atoms with Crippen molar-refractivity contribution in [2.45, 2.75) is 37.8 Å². The van der Waals surface area contributed by atoms with E-state index < -0.39 is 0 Å². The molecule has 0 radical (unpaired) electrons. The summed E-state index contributed by atoms with van der Waals surface area (Å²) in [6.07, 6.45) is 4.24. The van der Waals surface area contributed by atoms with E-state index in [0.29, 0.717) is 0 Å². The van der Waals surface area contributed by atoms with Crippen molar-refractivity contribution >= 4 is 22.5 Å². The molecule has 0 bridgehead atoms. The van der Waals surface area contributed by atoms with Crippen LogP contribution in [0.5, 0.6) is 0 Å². The summed E-state index contributed by atoms with van der Waals surface area (Å²) < 4.78 is 0. The molecule has 1 saturated carbocycles. The van der Waals surface area contributed by atoms with Crippen molar-refractivity contribution in [3.05, 3.63) is 42.5 Å². The number of urea groups is 1. The fourth-order valence-electron chi connectivity index (χ4n) is 3.00. The molecule has 1 fully saturated rings. The number of nitrogens with one attached hydrogen (secondary N) is 2. The molecule has 1 aliphatic rings. The summed E-state index contributed by atoms with van der Waals surface area (Å²) in [7, 11) is 0. The first-order valence-electron chi connectivity index (χ1n) is 7.55. The molecule has 0 unspecified atom stereocenters. The second-order valence-electron chi connectivity index (χ2n) is 5.68. The van der Waals surface area contributed by atoms with Crippen LogP contribution in [-0.4, -0.2) is 18.1 Å². The predicted molar refractivity (Wildman–Crippen MR) is 86.3 cm³/mol. The number of hydrogen-bond acceptors (Lipinski definition) is 2. The number of hydrogen-bond donors (Lipinski definition) is 3. The summed E-state index contributed by atoms with van der Waals surface area (Å²) in [5.74, 6) is 0. The molecule has 4 nitrogen and oxygen atoms in total. The van der Waals surface area contributed by atoms with Crippen molar-refractivity contribution in [3.8, 4) is 0 Å². The summed E-state index contributed by atoms with van der Waals surface area (Å²) in [5.41, 5.74) is 6.90.